The number of ether oxygens (including phenoxy) is 1. The van der Waals surface area contributed by atoms with Crippen molar-refractivity contribution in [3.05, 3.63) is 132 Å². The van der Waals surface area contributed by atoms with E-state index >= 15 is 0 Å². The number of allylic oxidation sites excluding steroid dienone is 1. The summed E-state index contributed by atoms with van der Waals surface area (Å²) in [5.74, 6) is 1.79. The van der Waals surface area contributed by atoms with Gasteiger partial charge in [-0.25, -0.2) is 4.57 Å². The first-order valence-corrected chi connectivity index (χ1v) is 12.8. The molecule has 0 radical (unpaired) electrons. The molecule has 4 nitrogen and oxygen atoms in total. The van der Waals surface area contributed by atoms with Crippen molar-refractivity contribution in [1.82, 2.24) is 0 Å². The molecule has 0 bridgehead atoms. The van der Waals surface area contributed by atoms with Crippen LogP contribution in [-0.2, 0) is 11.0 Å². The third-order valence-electron chi connectivity index (χ3n) is 5.13. The highest BCUT2D eigenvalue weighted by atomic mass is 31.2. The topological polar surface area (TPSA) is 44.8 Å². The van der Waals surface area contributed by atoms with E-state index in [-0.39, 0.29) is 6.16 Å². The van der Waals surface area contributed by atoms with Crippen molar-refractivity contribution in [2.75, 3.05) is 13.3 Å². The predicted octanol–water partition coefficient (Wildman–Crippen LogP) is 7.67. The fraction of sp³-hybridized carbons (Fsp3) is 0.103. The third-order valence-corrected chi connectivity index (χ3v) is 6.90. The van der Waals surface area contributed by atoms with E-state index in [1.54, 1.807) is 31.4 Å². The average molecular weight is 471 g/mol. The van der Waals surface area contributed by atoms with Gasteiger partial charge in [-0.3, -0.25) is 0 Å². The van der Waals surface area contributed by atoms with E-state index in [2.05, 4.69) is 12.1 Å². The summed E-state index contributed by atoms with van der Waals surface area (Å²) in [5.41, 5.74) is 3.04. The highest BCUT2D eigenvalue weighted by molar-refractivity contribution is 7.55. The molecule has 4 aromatic rings. The molecule has 0 fully saturated rings. The fourth-order valence-electron chi connectivity index (χ4n) is 3.56. The second kappa shape index (κ2) is 11.4. The molecule has 34 heavy (non-hydrogen) atoms. The maximum Gasteiger partial charge on any atom is 0.434 e. The van der Waals surface area contributed by atoms with Crippen molar-refractivity contribution in [3.63, 3.8) is 0 Å². The second-order valence-corrected chi connectivity index (χ2v) is 9.72. The zero-order valence-electron chi connectivity index (χ0n) is 19.0. The van der Waals surface area contributed by atoms with Crippen molar-refractivity contribution >= 4 is 13.7 Å². The third kappa shape index (κ3) is 6.87. The summed E-state index contributed by atoms with van der Waals surface area (Å²) in [7, 11) is -1.96. The molecule has 0 unspecified atom stereocenters. The molecular weight excluding hydrogens is 443 g/mol. The molecule has 0 N–H and O–H groups in total. The number of hydrogen-bond donors (Lipinski definition) is 0. The Morgan fingerprint density at radius 1 is 0.676 bits per heavy atom. The Hall–Kier alpha value is -3.75. The van der Waals surface area contributed by atoms with Crippen molar-refractivity contribution in [2.45, 2.75) is 6.42 Å². The van der Waals surface area contributed by atoms with Crippen LogP contribution in [0.15, 0.2) is 121 Å². The van der Waals surface area contributed by atoms with Crippen LogP contribution in [0.2, 0.25) is 0 Å². The van der Waals surface area contributed by atoms with E-state index in [0.29, 0.717) is 17.9 Å². The van der Waals surface area contributed by atoms with Crippen molar-refractivity contribution in [2.24, 2.45) is 0 Å². The number of benzene rings is 4. The predicted molar refractivity (Wildman–Crippen MR) is 138 cm³/mol. The molecule has 0 heterocycles. The van der Waals surface area contributed by atoms with Crippen LogP contribution in [0.25, 0.3) is 6.08 Å². The van der Waals surface area contributed by atoms with Gasteiger partial charge in [-0.15, -0.1) is 0 Å². The normalized spacial score (nSPS) is 11.6. The van der Waals surface area contributed by atoms with E-state index in [9.17, 15) is 4.57 Å². The lowest BCUT2D eigenvalue weighted by Gasteiger charge is -2.22. The summed E-state index contributed by atoms with van der Waals surface area (Å²) in [4.78, 5) is 0. The van der Waals surface area contributed by atoms with Crippen LogP contribution < -0.4 is 13.8 Å². The standard InChI is InChI=1S/C29H27O4P/c1-31-27-19-17-25(18-20-27)22-26(21-24-11-5-2-6-12-24)23-34(30,32-28-13-7-3-8-14-28)33-29-15-9-4-10-16-29/h2-20,22H,21,23H2,1H3/b26-22+. The van der Waals surface area contributed by atoms with Crippen LogP contribution in [-0.4, -0.2) is 13.3 Å². The van der Waals surface area contributed by atoms with Crippen molar-refractivity contribution in [1.29, 1.82) is 0 Å². The van der Waals surface area contributed by atoms with Crippen molar-refractivity contribution < 1.29 is 18.3 Å². The summed E-state index contributed by atoms with van der Waals surface area (Å²) < 4.78 is 31.5. The maximum atomic E-state index is 14.1. The second-order valence-electron chi connectivity index (χ2n) is 7.82. The molecule has 5 heteroatoms. The van der Waals surface area contributed by atoms with E-state index in [0.717, 1.165) is 22.4 Å². The smallest absolute Gasteiger partial charge is 0.434 e. The summed E-state index contributed by atoms with van der Waals surface area (Å²) in [6, 6.07) is 36.2. The fourth-order valence-corrected chi connectivity index (χ4v) is 5.32. The first-order chi connectivity index (χ1) is 16.6. The van der Waals surface area contributed by atoms with Crippen LogP contribution in [0.4, 0.5) is 0 Å². The van der Waals surface area contributed by atoms with Crippen LogP contribution in [0.3, 0.4) is 0 Å². The first kappa shape index (κ1) is 23.4. The highest BCUT2D eigenvalue weighted by Gasteiger charge is 2.30. The van der Waals surface area contributed by atoms with Crippen molar-refractivity contribution in [3.8, 4) is 17.2 Å². The zero-order chi connectivity index (χ0) is 23.6. The van der Waals surface area contributed by atoms with Gasteiger partial charge < -0.3 is 13.8 Å². The summed E-state index contributed by atoms with van der Waals surface area (Å²) >= 11 is 0. The largest absolute Gasteiger partial charge is 0.497 e. The highest BCUT2D eigenvalue weighted by Crippen LogP contribution is 2.50. The Morgan fingerprint density at radius 2 is 1.18 bits per heavy atom. The van der Waals surface area contributed by atoms with Gasteiger partial charge in [0.05, 0.1) is 13.3 Å². The van der Waals surface area contributed by atoms with Crippen LogP contribution in [0.5, 0.6) is 17.2 Å². The van der Waals surface area contributed by atoms with Gasteiger partial charge in [0.15, 0.2) is 0 Å². The SMILES string of the molecule is COc1ccc(/C=C(\Cc2ccccc2)CP(=O)(Oc2ccccc2)Oc2ccccc2)cc1. The number of rotatable bonds is 10. The summed E-state index contributed by atoms with van der Waals surface area (Å²) in [6.45, 7) is 0. The molecular formula is C29H27O4P. The van der Waals surface area contributed by atoms with Crippen LogP contribution in [0, 0.1) is 0 Å². The Balaban J connectivity index is 1.68. The molecule has 4 aromatic carbocycles. The Morgan fingerprint density at radius 3 is 1.68 bits per heavy atom. The van der Waals surface area contributed by atoms with Gasteiger partial charge >= 0.3 is 7.60 Å². The van der Waals surface area contributed by atoms with Crippen LogP contribution >= 0.6 is 7.60 Å². The number of methoxy groups -OCH3 is 1. The van der Waals surface area contributed by atoms with Gasteiger partial charge in [0.2, 0.25) is 0 Å². The minimum absolute atomic E-state index is 0.137. The molecule has 0 saturated heterocycles. The summed E-state index contributed by atoms with van der Waals surface area (Å²) in [6.07, 6.45) is 2.80. The minimum atomic E-state index is -3.60. The molecule has 4 rings (SSSR count). The maximum absolute atomic E-state index is 14.1. The molecule has 0 aliphatic carbocycles. The number of para-hydroxylation sites is 2. The monoisotopic (exact) mass is 470 g/mol. The first-order valence-electron chi connectivity index (χ1n) is 11.1. The average Bonchev–Trinajstić information content (AvgIpc) is 2.86. The zero-order valence-corrected chi connectivity index (χ0v) is 19.9. The van der Waals surface area contributed by atoms with E-state index < -0.39 is 7.60 Å². The lowest BCUT2D eigenvalue weighted by molar-refractivity contribution is 0.388. The molecule has 0 aliphatic heterocycles. The van der Waals surface area contributed by atoms with Gasteiger partial charge in [-0.2, -0.15) is 0 Å². The van der Waals surface area contributed by atoms with Gasteiger partial charge in [-0.05, 0) is 53.9 Å². The van der Waals surface area contributed by atoms with E-state index in [4.69, 9.17) is 13.8 Å². The lowest BCUT2D eigenvalue weighted by Crippen LogP contribution is -2.09. The summed E-state index contributed by atoms with van der Waals surface area (Å²) in [5, 5.41) is 0. The molecule has 0 saturated carbocycles. The molecule has 0 atom stereocenters. The van der Waals surface area contributed by atoms with Gasteiger partial charge in [0.1, 0.15) is 17.2 Å². The molecule has 0 spiro atoms. The molecule has 0 amide bonds. The Kier molecular flexibility index (Phi) is 7.85. The van der Waals surface area contributed by atoms with E-state index in [1.165, 1.54) is 0 Å². The number of hydrogen-bond acceptors (Lipinski definition) is 4. The molecule has 172 valence electrons. The molecule has 0 aliphatic rings. The van der Waals surface area contributed by atoms with Crippen LogP contribution in [0.1, 0.15) is 11.1 Å². The van der Waals surface area contributed by atoms with E-state index in [1.807, 2.05) is 84.9 Å². The Labute approximate surface area is 201 Å². The quantitative estimate of drug-likeness (QED) is 0.223. The van der Waals surface area contributed by atoms with Gasteiger partial charge in [0.25, 0.3) is 0 Å². The van der Waals surface area contributed by atoms with Gasteiger partial charge in [-0.1, -0.05) is 90.5 Å². The van der Waals surface area contributed by atoms with Gasteiger partial charge in [0, 0.05) is 0 Å². The Bertz CT molecular complexity index is 1190. The molecule has 0 aromatic heterocycles. The lowest BCUT2D eigenvalue weighted by atomic mass is 10.0. The minimum Gasteiger partial charge on any atom is -0.497 e.